The van der Waals surface area contributed by atoms with E-state index in [2.05, 4.69) is 82.1 Å². The molecule has 0 aliphatic carbocycles. The van der Waals surface area contributed by atoms with Crippen molar-refractivity contribution in [2.75, 3.05) is 13.2 Å². The van der Waals surface area contributed by atoms with Crippen LogP contribution in [0.2, 0.25) is 0 Å². The molecule has 4 heteroatoms. The predicted molar refractivity (Wildman–Crippen MR) is 173 cm³/mol. The normalized spacial score (nSPS) is 11.5. The van der Waals surface area contributed by atoms with Crippen molar-refractivity contribution < 1.29 is 9.47 Å². The molecule has 0 saturated carbocycles. The van der Waals surface area contributed by atoms with Crippen LogP contribution >= 0.6 is 31.9 Å². The van der Waals surface area contributed by atoms with Crippen molar-refractivity contribution in [3.63, 3.8) is 0 Å². The minimum atomic E-state index is 0.784. The number of hydrogen-bond acceptors (Lipinski definition) is 2. The van der Waals surface area contributed by atoms with E-state index < -0.39 is 0 Å². The lowest BCUT2D eigenvalue weighted by Crippen LogP contribution is -1.98. The van der Waals surface area contributed by atoms with E-state index >= 15 is 0 Å². The van der Waals surface area contributed by atoms with Crippen LogP contribution in [0.5, 0.6) is 11.5 Å². The molecular formula is C34H48Br2O2. The van der Waals surface area contributed by atoms with Gasteiger partial charge in [-0.2, -0.15) is 0 Å². The molecule has 38 heavy (non-hydrogen) atoms. The van der Waals surface area contributed by atoms with E-state index in [0.29, 0.717) is 0 Å². The van der Waals surface area contributed by atoms with Crippen molar-refractivity contribution in [2.45, 2.75) is 117 Å². The Morgan fingerprint density at radius 1 is 0.447 bits per heavy atom. The van der Waals surface area contributed by atoms with Crippen LogP contribution in [-0.2, 0) is 0 Å². The third-order valence-corrected chi connectivity index (χ3v) is 9.17. The summed E-state index contributed by atoms with van der Waals surface area (Å²) in [6, 6.07) is 12.9. The first-order valence-corrected chi connectivity index (χ1v) is 16.8. The maximum absolute atomic E-state index is 6.13. The van der Waals surface area contributed by atoms with Crippen molar-refractivity contribution in [3.05, 3.63) is 45.3 Å². The summed E-state index contributed by atoms with van der Waals surface area (Å²) in [7, 11) is 0. The van der Waals surface area contributed by atoms with Crippen LogP contribution < -0.4 is 9.47 Å². The van der Waals surface area contributed by atoms with Gasteiger partial charge in [0.15, 0.2) is 0 Å². The van der Waals surface area contributed by atoms with Crippen molar-refractivity contribution >= 4 is 53.4 Å². The average Bonchev–Trinajstić information content (AvgIpc) is 2.94. The zero-order valence-corrected chi connectivity index (χ0v) is 26.9. The number of rotatable bonds is 20. The SMILES string of the molecule is CCCCCCCCCCOc1ccc2c(Br)c3cc(OCCCCCCCCCC)ccc3c(Br)c2c1. The summed E-state index contributed by atoms with van der Waals surface area (Å²) in [4.78, 5) is 0. The number of benzene rings is 3. The molecule has 0 aromatic heterocycles. The first-order chi connectivity index (χ1) is 18.7. The van der Waals surface area contributed by atoms with E-state index in [-0.39, 0.29) is 0 Å². The minimum absolute atomic E-state index is 0.784. The van der Waals surface area contributed by atoms with Crippen molar-refractivity contribution in [2.24, 2.45) is 0 Å². The van der Waals surface area contributed by atoms with Gasteiger partial charge in [-0.15, -0.1) is 0 Å². The van der Waals surface area contributed by atoms with Gasteiger partial charge in [-0.05, 0) is 91.9 Å². The van der Waals surface area contributed by atoms with E-state index in [1.54, 1.807) is 0 Å². The van der Waals surface area contributed by atoms with Crippen molar-refractivity contribution in [1.29, 1.82) is 0 Å². The molecule has 0 spiro atoms. The molecule has 0 heterocycles. The Morgan fingerprint density at radius 2 is 0.789 bits per heavy atom. The smallest absolute Gasteiger partial charge is 0.119 e. The van der Waals surface area contributed by atoms with E-state index in [0.717, 1.165) is 46.5 Å². The van der Waals surface area contributed by atoms with Crippen LogP contribution in [0.3, 0.4) is 0 Å². The van der Waals surface area contributed by atoms with Crippen molar-refractivity contribution in [3.8, 4) is 11.5 Å². The summed E-state index contributed by atoms with van der Waals surface area (Å²) in [5, 5.41) is 4.71. The molecule has 0 atom stereocenters. The van der Waals surface area contributed by atoms with Gasteiger partial charge in [0.1, 0.15) is 11.5 Å². The van der Waals surface area contributed by atoms with Crippen LogP contribution in [0, 0.1) is 0 Å². The molecule has 0 saturated heterocycles. The van der Waals surface area contributed by atoms with Crippen LogP contribution in [-0.4, -0.2) is 13.2 Å². The molecule has 0 aliphatic heterocycles. The average molecular weight is 649 g/mol. The zero-order valence-electron chi connectivity index (χ0n) is 23.8. The molecule has 0 fully saturated rings. The molecule has 0 N–H and O–H groups in total. The fraction of sp³-hybridized carbons (Fsp3) is 0.588. The molecule has 0 unspecified atom stereocenters. The van der Waals surface area contributed by atoms with Crippen LogP contribution in [0.4, 0.5) is 0 Å². The Balaban J connectivity index is 1.51. The second-order valence-electron chi connectivity index (χ2n) is 10.7. The number of halogens is 2. The minimum Gasteiger partial charge on any atom is -0.494 e. The summed E-state index contributed by atoms with van der Waals surface area (Å²) in [5.74, 6) is 1.88. The van der Waals surface area contributed by atoms with Crippen LogP contribution in [0.1, 0.15) is 117 Å². The van der Waals surface area contributed by atoms with E-state index in [1.807, 2.05) is 0 Å². The Morgan fingerprint density at radius 3 is 1.16 bits per heavy atom. The molecule has 3 aromatic carbocycles. The highest BCUT2D eigenvalue weighted by Gasteiger charge is 2.13. The Hall–Kier alpha value is -1.26. The topological polar surface area (TPSA) is 18.5 Å². The fourth-order valence-electron chi connectivity index (χ4n) is 5.11. The maximum Gasteiger partial charge on any atom is 0.119 e. The zero-order chi connectivity index (χ0) is 27.0. The lowest BCUT2D eigenvalue weighted by Gasteiger charge is -2.14. The van der Waals surface area contributed by atoms with Gasteiger partial charge in [-0.1, -0.05) is 104 Å². The van der Waals surface area contributed by atoms with E-state index in [1.165, 1.54) is 111 Å². The van der Waals surface area contributed by atoms with Gasteiger partial charge in [-0.3, -0.25) is 0 Å². The van der Waals surface area contributed by atoms with Crippen molar-refractivity contribution in [1.82, 2.24) is 0 Å². The van der Waals surface area contributed by atoms with E-state index in [4.69, 9.17) is 9.47 Å². The Labute approximate surface area is 248 Å². The summed E-state index contributed by atoms with van der Waals surface area (Å²) in [6.07, 6.45) is 21.0. The first-order valence-electron chi connectivity index (χ1n) is 15.3. The molecule has 0 bridgehead atoms. The van der Waals surface area contributed by atoms with Gasteiger partial charge in [0.05, 0.1) is 13.2 Å². The molecule has 0 radical (unpaired) electrons. The standard InChI is InChI=1S/C34H48Br2O2/c1-3-5-7-9-11-13-15-17-23-37-27-19-21-29-31(25-27)33(35)30-22-20-28(26-32(30)34(29)36)38-24-18-16-14-12-10-8-6-4-2/h19-22,25-26H,3-18,23-24H2,1-2H3. The van der Waals surface area contributed by atoms with Crippen LogP contribution in [0.25, 0.3) is 21.5 Å². The Bertz CT molecular complexity index is 1010. The lowest BCUT2D eigenvalue weighted by atomic mass is 10.0. The highest BCUT2D eigenvalue weighted by molar-refractivity contribution is 9.11. The van der Waals surface area contributed by atoms with Gasteiger partial charge in [0.25, 0.3) is 0 Å². The van der Waals surface area contributed by atoms with Gasteiger partial charge in [0, 0.05) is 19.7 Å². The predicted octanol–water partition coefficient (Wildman–Crippen LogP) is 12.6. The summed E-state index contributed by atoms with van der Waals surface area (Å²) < 4.78 is 14.5. The lowest BCUT2D eigenvalue weighted by molar-refractivity contribution is 0.304. The highest BCUT2D eigenvalue weighted by Crippen LogP contribution is 2.41. The molecule has 0 amide bonds. The van der Waals surface area contributed by atoms with Gasteiger partial charge >= 0.3 is 0 Å². The van der Waals surface area contributed by atoms with Crippen LogP contribution in [0.15, 0.2) is 45.3 Å². The number of unbranched alkanes of at least 4 members (excludes halogenated alkanes) is 14. The monoisotopic (exact) mass is 646 g/mol. The summed E-state index contributed by atoms with van der Waals surface area (Å²) in [5.41, 5.74) is 0. The first kappa shape index (κ1) is 31.3. The molecule has 3 rings (SSSR count). The maximum atomic E-state index is 6.13. The van der Waals surface area contributed by atoms with Gasteiger partial charge < -0.3 is 9.47 Å². The van der Waals surface area contributed by atoms with Gasteiger partial charge in [-0.25, -0.2) is 0 Å². The van der Waals surface area contributed by atoms with Gasteiger partial charge in [0.2, 0.25) is 0 Å². The highest BCUT2D eigenvalue weighted by atomic mass is 79.9. The summed E-state index contributed by atoms with van der Waals surface area (Å²) in [6.45, 7) is 6.11. The molecule has 2 nitrogen and oxygen atoms in total. The number of ether oxygens (including phenoxy) is 2. The third-order valence-electron chi connectivity index (χ3n) is 7.46. The second-order valence-corrected chi connectivity index (χ2v) is 12.3. The largest absolute Gasteiger partial charge is 0.494 e. The Kier molecular flexibility index (Phi) is 14.9. The molecule has 210 valence electrons. The fourth-order valence-corrected chi connectivity index (χ4v) is 6.46. The molecule has 0 aliphatic rings. The molecular weight excluding hydrogens is 600 g/mol. The third kappa shape index (κ3) is 10.0. The second kappa shape index (κ2) is 18.2. The summed E-state index contributed by atoms with van der Waals surface area (Å²) >= 11 is 7.78. The number of hydrogen-bond donors (Lipinski definition) is 0. The quantitative estimate of drug-likeness (QED) is 0.0897. The van der Waals surface area contributed by atoms with E-state index in [9.17, 15) is 0 Å². The molecule has 3 aromatic rings. The number of fused-ring (bicyclic) bond motifs is 2.